The minimum Gasteiger partial charge on any atom is -0.480 e. The van der Waals surface area contributed by atoms with Crippen molar-refractivity contribution < 1.29 is 14.7 Å². The van der Waals surface area contributed by atoms with Gasteiger partial charge in [0.05, 0.1) is 0 Å². The van der Waals surface area contributed by atoms with Gasteiger partial charge < -0.3 is 15.7 Å². The number of rotatable bonds is 8. The molecule has 1 aromatic carbocycles. The van der Waals surface area contributed by atoms with Gasteiger partial charge >= 0.3 is 12.0 Å². The molecule has 5 nitrogen and oxygen atoms in total. The first-order chi connectivity index (χ1) is 9.63. The van der Waals surface area contributed by atoms with Gasteiger partial charge in [-0.15, -0.1) is 0 Å². The average Bonchev–Trinajstić information content (AvgIpc) is 2.44. The lowest BCUT2D eigenvalue weighted by atomic mass is 10.1. The molecule has 0 aromatic heterocycles. The standard InChI is InChI=1S/C14H20N2O3S/c1-2-20-9-8-15-14(19)16-12(13(17)18)10-11-6-4-3-5-7-11/h3-7,12H,2,8-10H2,1H3,(H,17,18)(H2,15,16,19). The zero-order valence-electron chi connectivity index (χ0n) is 11.5. The van der Waals surface area contributed by atoms with E-state index in [0.717, 1.165) is 17.1 Å². The van der Waals surface area contributed by atoms with Gasteiger partial charge in [-0.05, 0) is 11.3 Å². The molecule has 0 radical (unpaired) electrons. The van der Waals surface area contributed by atoms with Crippen molar-refractivity contribution in [2.24, 2.45) is 0 Å². The molecule has 0 aliphatic rings. The summed E-state index contributed by atoms with van der Waals surface area (Å²) in [6.07, 6.45) is 0.271. The Kier molecular flexibility index (Phi) is 7.57. The quantitative estimate of drug-likeness (QED) is 0.638. The van der Waals surface area contributed by atoms with E-state index in [1.807, 2.05) is 37.3 Å². The Hall–Kier alpha value is -1.69. The van der Waals surface area contributed by atoms with Crippen LogP contribution in [0.2, 0.25) is 0 Å². The molecule has 110 valence electrons. The Morgan fingerprint density at radius 2 is 2.00 bits per heavy atom. The number of hydrogen-bond acceptors (Lipinski definition) is 3. The second-order valence-electron chi connectivity index (χ2n) is 4.18. The van der Waals surface area contributed by atoms with Gasteiger partial charge in [0.1, 0.15) is 6.04 Å². The minimum atomic E-state index is -1.04. The molecular formula is C14H20N2O3S. The maximum Gasteiger partial charge on any atom is 0.326 e. The smallest absolute Gasteiger partial charge is 0.326 e. The predicted molar refractivity (Wildman–Crippen MR) is 81.1 cm³/mol. The van der Waals surface area contributed by atoms with E-state index in [-0.39, 0.29) is 6.42 Å². The summed E-state index contributed by atoms with van der Waals surface area (Å²) < 4.78 is 0. The van der Waals surface area contributed by atoms with E-state index < -0.39 is 18.0 Å². The van der Waals surface area contributed by atoms with Gasteiger partial charge in [-0.2, -0.15) is 11.8 Å². The molecule has 0 saturated heterocycles. The molecule has 1 atom stereocenters. The van der Waals surface area contributed by atoms with Crippen molar-refractivity contribution in [3.63, 3.8) is 0 Å². The molecule has 20 heavy (non-hydrogen) atoms. The van der Waals surface area contributed by atoms with E-state index in [9.17, 15) is 9.59 Å². The summed E-state index contributed by atoms with van der Waals surface area (Å²) in [5, 5.41) is 14.3. The number of carboxylic acids is 1. The minimum absolute atomic E-state index is 0.271. The Bertz CT molecular complexity index is 426. The molecule has 6 heteroatoms. The fourth-order valence-electron chi connectivity index (χ4n) is 1.64. The summed E-state index contributed by atoms with van der Waals surface area (Å²) in [4.78, 5) is 22.8. The van der Waals surface area contributed by atoms with Crippen molar-refractivity contribution in [3.8, 4) is 0 Å². The zero-order chi connectivity index (χ0) is 14.8. The largest absolute Gasteiger partial charge is 0.480 e. The monoisotopic (exact) mass is 296 g/mol. The third kappa shape index (κ3) is 6.47. The Morgan fingerprint density at radius 3 is 2.60 bits per heavy atom. The second kappa shape index (κ2) is 9.25. The first-order valence-electron chi connectivity index (χ1n) is 6.52. The molecule has 2 amide bonds. The lowest BCUT2D eigenvalue weighted by Crippen LogP contribution is -2.47. The van der Waals surface area contributed by atoms with E-state index in [2.05, 4.69) is 10.6 Å². The molecule has 0 fully saturated rings. The van der Waals surface area contributed by atoms with Crippen LogP contribution in [0.25, 0.3) is 0 Å². The fraction of sp³-hybridized carbons (Fsp3) is 0.429. The topological polar surface area (TPSA) is 78.4 Å². The van der Waals surface area contributed by atoms with Gasteiger partial charge in [0.15, 0.2) is 0 Å². The number of carbonyl (C=O) groups is 2. The summed E-state index contributed by atoms with van der Waals surface area (Å²) >= 11 is 1.72. The number of urea groups is 1. The summed E-state index contributed by atoms with van der Waals surface area (Å²) in [7, 11) is 0. The van der Waals surface area contributed by atoms with Crippen molar-refractivity contribution in [1.29, 1.82) is 0 Å². The predicted octanol–water partition coefficient (Wildman–Crippen LogP) is 1.73. The molecule has 0 bridgehead atoms. The summed E-state index contributed by atoms with van der Waals surface area (Å²) in [5.41, 5.74) is 0.877. The Morgan fingerprint density at radius 1 is 1.30 bits per heavy atom. The Labute approximate surface area is 123 Å². The van der Waals surface area contributed by atoms with Crippen LogP contribution in [-0.2, 0) is 11.2 Å². The molecule has 1 rings (SSSR count). The van der Waals surface area contributed by atoms with Crippen LogP contribution >= 0.6 is 11.8 Å². The molecule has 0 spiro atoms. The Balaban J connectivity index is 2.43. The van der Waals surface area contributed by atoms with Crippen LogP contribution in [0.15, 0.2) is 30.3 Å². The normalized spacial score (nSPS) is 11.7. The van der Waals surface area contributed by atoms with E-state index in [4.69, 9.17) is 5.11 Å². The van der Waals surface area contributed by atoms with Crippen LogP contribution in [0.4, 0.5) is 4.79 Å². The van der Waals surface area contributed by atoms with E-state index in [1.54, 1.807) is 11.8 Å². The lowest BCUT2D eigenvalue weighted by Gasteiger charge is -2.15. The number of amides is 2. The van der Waals surface area contributed by atoms with Crippen LogP contribution in [0, 0.1) is 0 Å². The molecule has 0 aliphatic heterocycles. The van der Waals surface area contributed by atoms with Crippen molar-refractivity contribution in [2.45, 2.75) is 19.4 Å². The lowest BCUT2D eigenvalue weighted by molar-refractivity contribution is -0.139. The SMILES string of the molecule is CCSCCNC(=O)NC(Cc1ccccc1)C(=O)O. The highest BCUT2D eigenvalue weighted by molar-refractivity contribution is 7.99. The number of nitrogens with one attached hydrogen (secondary N) is 2. The molecule has 0 saturated carbocycles. The average molecular weight is 296 g/mol. The van der Waals surface area contributed by atoms with Crippen molar-refractivity contribution in [1.82, 2.24) is 10.6 Å². The first-order valence-corrected chi connectivity index (χ1v) is 7.67. The van der Waals surface area contributed by atoms with Gasteiger partial charge in [0, 0.05) is 18.7 Å². The summed E-state index contributed by atoms with van der Waals surface area (Å²) in [5.74, 6) is 0.780. The second-order valence-corrected chi connectivity index (χ2v) is 5.57. The maximum atomic E-state index is 11.6. The highest BCUT2D eigenvalue weighted by atomic mass is 32.2. The van der Waals surface area contributed by atoms with Crippen LogP contribution < -0.4 is 10.6 Å². The number of aliphatic carboxylic acids is 1. The number of carboxylic acid groups (broad SMARTS) is 1. The van der Waals surface area contributed by atoms with E-state index in [1.165, 1.54) is 0 Å². The van der Waals surface area contributed by atoms with Crippen LogP contribution in [0.1, 0.15) is 12.5 Å². The van der Waals surface area contributed by atoms with Gasteiger partial charge in [-0.25, -0.2) is 9.59 Å². The molecular weight excluding hydrogens is 276 g/mol. The highest BCUT2D eigenvalue weighted by Crippen LogP contribution is 2.03. The first kappa shape index (κ1) is 16.4. The number of thioether (sulfide) groups is 1. The van der Waals surface area contributed by atoms with E-state index in [0.29, 0.717) is 6.54 Å². The number of hydrogen-bond donors (Lipinski definition) is 3. The fourth-order valence-corrected chi connectivity index (χ4v) is 2.18. The van der Waals surface area contributed by atoms with Crippen molar-refractivity contribution >= 4 is 23.8 Å². The van der Waals surface area contributed by atoms with Crippen molar-refractivity contribution in [3.05, 3.63) is 35.9 Å². The number of carbonyl (C=O) groups excluding carboxylic acids is 1. The summed E-state index contributed by atoms with van der Waals surface area (Å²) in [6.45, 7) is 2.58. The summed E-state index contributed by atoms with van der Waals surface area (Å²) in [6, 6.07) is 7.87. The van der Waals surface area contributed by atoms with Crippen molar-refractivity contribution in [2.75, 3.05) is 18.1 Å². The molecule has 1 unspecified atom stereocenters. The van der Waals surface area contributed by atoms with Crippen LogP contribution in [0.5, 0.6) is 0 Å². The molecule has 1 aromatic rings. The maximum absolute atomic E-state index is 11.6. The molecule has 0 aliphatic carbocycles. The molecule has 0 heterocycles. The molecule has 3 N–H and O–H groups in total. The number of benzene rings is 1. The van der Waals surface area contributed by atoms with Gasteiger partial charge in [0.2, 0.25) is 0 Å². The third-order valence-electron chi connectivity index (χ3n) is 2.62. The van der Waals surface area contributed by atoms with Gasteiger partial charge in [0.25, 0.3) is 0 Å². The third-order valence-corrected chi connectivity index (χ3v) is 3.52. The van der Waals surface area contributed by atoms with Crippen LogP contribution in [0.3, 0.4) is 0 Å². The van der Waals surface area contributed by atoms with Gasteiger partial charge in [-0.3, -0.25) is 0 Å². The van der Waals surface area contributed by atoms with E-state index >= 15 is 0 Å². The zero-order valence-corrected chi connectivity index (χ0v) is 12.3. The van der Waals surface area contributed by atoms with Gasteiger partial charge in [-0.1, -0.05) is 37.3 Å². The highest BCUT2D eigenvalue weighted by Gasteiger charge is 2.19. The van der Waals surface area contributed by atoms with Crippen LogP contribution in [-0.4, -0.2) is 41.2 Å².